The molecule has 0 aliphatic rings. The Kier molecular flexibility index (Phi) is 3.05. The van der Waals surface area contributed by atoms with E-state index in [1.807, 2.05) is 13.0 Å². The second kappa shape index (κ2) is 4.07. The molecule has 0 aliphatic heterocycles. The summed E-state index contributed by atoms with van der Waals surface area (Å²) >= 11 is 0. The molecule has 0 bridgehead atoms. The van der Waals surface area contributed by atoms with Gasteiger partial charge < -0.3 is 10.5 Å². The molecule has 0 amide bonds. The summed E-state index contributed by atoms with van der Waals surface area (Å²) in [5, 5.41) is 0. The zero-order chi connectivity index (χ0) is 8.97. The standard InChI is InChI=1S/C9H14N2O/c1-7(10)5-8-6-11-4-3-9(8)12-2/h3-4,6-7H,5,10H2,1-2H3. The minimum Gasteiger partial charge on any atom is -0.496 e. The summed E-state index contributed by atoms with van der Waals surface area (Å²) in [6.07, 6.45) is 4.31. The van der Waals surface area contributed by atoms with Crippen molar-refractivity contribution in [3.8, 4) is 5.75 Å². The molecule has 3 heteroatoms. The molecule has 3 nitrogen and oxygen atoms in total. The van der Waals surface area contributed by atoms with Crippen molar-refractivity contribution in [2.75, 3.05) is 7.11 Å². The van der Waals surface area contributed by atoms with Gasteiger partial charge in [-0.2, -0.15) is 0 Å². The highest BCUT2D eigenvalue weighted by Gasteiger charge is 2.03. The molecule has 0 aromatic carbocycles. The molecular weight excluding hydrogens is 152 g/mol. The molecule has 1 unspecified atom stereocenters. The van der Waals surface area contributed by atoms with E-state index >= 15 is 0 Å². The number of nitrogens with two attached hydrogens (primary N) is 1. The third-order valence-corrected chi connectivity index (χ3v) is 1.62. The lowest BCUT2D eigenvalue weighted by atomic mass is 10.1. The fraction of sp³-hybridized carbons (Fsp3) is 0.444. The predicted molar refractivity (Wildman–Crippen MR) is 48.1 cm³/mol. The van der Waals surface area contributed by atoms with Crippen molar-refractivity contribution in [2.24, 2.45) is 5.73 Å². The Labute approximate surface area is 72.6 Å². The smallest absolute Gasteiger partial charge is 0.125 e. The number of hydrogen-bond donors (Lipinski definition) is 1. The van der Waals surface area contributed by atoms with Crippen LogP contribution in [-0.4, -0.2) is 18.1 Å². The van der Waals surface area contributed by atoms with E-state index in [4.69, 9.17) is 10.5 Å². The highest BCUT2D eigenvalue weighted by molar-refractivity contribution is 5.30. The molecule has 0 spiro atoms. The highest BCUT2D eigenvalue weighted by Crippen LogP contribution is 2.16. The zero-order valence-corrected chi connectivity index (χ0v) is 7.45. The second-order valence-corrected chi connectivity index (χ2v) is 2.87. The van der Waals surface area contributed by atoms with Gasteiger partial charge in [0.15, 0.2) is 0 Å². The fourth-order valence-corrected chi connectivity index (χ4v) is 1.11. The lowest BCUT2D eigenvalue weighted by Crippen LogP contribution is -2.18. The Balaban J connectivity index is 2.82. The van der Waals surface area contributed by atoms with Gasteiger partial charge in [-0.1, -0.05) is 0 Å². The van der Waals surface area contributed by atoms with Crippen LogP contribution < -0.4 is 10.5 Å². The van der Waals surface area contributed by atoms with Gasteiger partial charge in [0, 0.05) is 24.0 Å². The first-order valence-corrected chi connectivity index (χ1v) is 3.96. The fourth-order valence-electron chi connectivity index (χ4n) is 1.11. The molecule has 1 rings (SSSR count). The van der Waals surface area contributed by atoms with Crippen LogP contribution in [0.25, 0.3) is 0 Å². The molecule has 1 atom stereocenters. The summed E-state index contributed by atoms with van der Waals surface area (Å²) in [4.78, 5) is 4.01. The number of pyridine rings is 1. The van der Waals surface area contributed by atoms with E-state index in [0.29, 0.717) is 0 Å². The third-order valence-electron chi connectivity index (χ3n) is 1.62. The summed E-state index contributed by atoms with van der Waals surface area (Å²) in [6, 6.07) is 1.99. The van der Waals surface area contributed by atoms with Crippen molar-refractivity contribution in [3.63, 3.8) is 0 Å². The number of aromatic nitrogens is 1. The third kappa shape index (κ3) is 2.20. The maximum absolute atomic E-state index is 5.66. The Hall–Kier alpha value is -1.09. The van der Waals surface area contributed by atoms with Crippen molar-refractivity contribution in [1.29, 1.82) is 0 Å². The van der Waals surface area contributed by atoms with Crippen LogP contribution in [0.15, 0.2) is 18.5 Å². The molecular formula is C9H14N2O. The maximum Gasteiger partial charge on any atom is 0.125 e. The Morgan fingerprint density at radius 1 is 1.67 bits per heavy atom. The molecule has 66 valence electrons. The molecule has 12 heavy (non-hydrogen) atoms. The lowest BCUT2D eigenvalue weighted by molar-refractivity contribution is 0.407. The summed E-state index contributed by atoms with van der Waals surface area (Å²) in [5.74, 6) is 0.863. The van der Waals surface area contributed by atoms with Gasteiger partial charge in [-0.3, -0.25) is 4.98 Å². The van der Waals surface area contributed by atoms with Crippen molar-refractivity contribution in [2.45, 2.75) is 19.4 Å². The molecule has 0 fully saturated rings. The molecule has 2 N–H and O–H groups in total. The Bertz CT molecular complexity index is 248. The van der Waals surface area contributed by atoms with Gasteiger partial charge in [0.25, 0.3) is 0 Å². The Morgan fingerprint density at radius 3 is 3.00 bits per heavy atom. The second-order valence-electron chi connectivity index (χ2n) is 2.87. The van der Waals surface area contributed by atoms with Gasteiger partial charge in [0.05, 0.1) is 7.11 Å². The van der Waals surface area contributed by atoms with Gasteiger partial charge in [-0.15, -0.1) is 0 Å². The quantitative estimate of drug-likeness (QED) is 0.728. The van der Waals surface area contributed by atoms with Crippen molar-refractivity contribution >= 4 is 0 Å². The molecule has 1 aromatic heterocycles. The van der Waals surface area contributed by atoms with Crippen LogP contribution in [-0.2, 0) is 6.42 Å². The van der Waals surface area contributed by atoms with E-state index in [1.165, 1.54) is 0 Å². The number of nitrogens with zero attached hydrogens (tertiary/aromatic N) is 1. The molecule has 1 heterocycles. The Morgan fingerprint density at radius 2 is 2.42 bits per heavy atom. The average molecular weight is 166 g/mol. The minimum absolute atomic E-state index is 0.142. The van der Waals surface area contributed by atoms with Crippen molar-refractivity contribution < 1.29 is 4.74 Å². The summed E-state index contributed by atoms with van der Waals surface area (Å²) in [6.45, 7) is 1.96. The highest BCUT2D eigenvalue weighted by atomic mass is 16.5. The average Bonchev–Trinajstić information content (AvgIpc) is 2.04. The molecule has 0 radical (unpaired) electrons. The van der Waals surface area contributed by atoms with Crippen LogP contribution in [0.5, 0.6) is 5.75 Å². The van der Waals surface area contributed by atoms with Gasteiger partial charge in [-0.05, 0) is 19.4 Å². The zero-order valence-electron chi connectivity index (χ0n) is 7.45. The van der Waals surface area contributed by atoms with E-state index in [1.54, 1.807) is 19.5 Å². The van der Waals surface area contributed by atoms with Crippen LogP contribution in [0.2, 0.25) is 0 Å². The van der Waals surface area contributed by atoms with Crippen LogP contribution >= 0.6 is 0 Å². The van der Waals surface area contributed by atoms with Crippen LogP contribution in [0.3, 0.4) is 0 Å². The maximum atomic E-state index is 5.66. The van der Waals surface area contributed by atoms with Gasteiger partial charge >= 0.3 is 0 Å². The van der Waals surface area contributed by atoms with Gasteiger partial charge in [0.1, 0.15) is 5.75 Å². The molecule has 0 saturated carbocycles. The summed E-state index contributed by atoms with van der Waals surface area (Å²) in [7, 11) is 1.65. The van der Waals surface area contributed by atoms with E-state index in [-0.39, 0.29) is 6.04 Å². The first-order chi connectivity index (χ1) is 5.74. The number of rotatable bonds is 3. The molecule has 1 aromatic rings. The number of ether oxygens (including phenoxy) is 1. The minimum atomic E-state index is 0.142. The number of methoxy groups -OCH3 is 1. The SMILES string of the molecule is COc1ccncc1CC(C)N. The summed E-state index contributed by atoms with van der Waals surface area (Å²) in [5.41, 5.74) is 6.73. The monoisotopic (exact) mass is 166 g/mol. The van der Waals surface area contributed by atoms with Gasteiger partial charge in [-0.25, -0.2) is 0 Å². The topological polar surface area (TPSA) is 48.1 Å². The van der Waals surface area contributed by atoms with Crippen molar-refractivity contribution in [3.05, 3.63) is 24.0 Å². The number of hydrogen-bond acceptors (Lipinski definition) is 3. The van der Waals surface area contributed by atoms with E-state index in [9.17, 15) is 0 Å². The first kappa shape index (κ1) is 9.00. The molecule has 0 aliphatic carbocycles. The van der Waals surface area contributed by atoms with Crippen LogP contribution in [0.4, 0.5) is 0 Å². The molecule has 0 saturated heterocycles. The largest absolute Gasteiger partial charge is 0.496 e. The first-order valence-electron chi connectivity index (χ1n) is 3.96. The normalized spacial score (nSPS) is 12.6. The van der Waals surface area contributed by atoms with Gasteiger partial charge in [0.2, 0.25) is 0 Å². The lowest BCUT2D eigenvalue weighted by Gasteiger charge is -2.08. The van der Waals surface area contributed by atoms with Crippen LogP contribution in [0.1, 0.15) is 12.5 Å². The van der Waals surface area contributed by atoms with E-state index in [2.05, 4.69) is 4.98 Å². The van der Waals surface area contributed by atoms with E-state index < -0.39 is 0 Å². The van der Waals surface area contributed by atoms with Crippen LogP contribution in [0, 0.1) is 0 Å². The summed E-state index contributed by atoms with van der Waals surface area (Å²) < 4.78 is 5.15. The van der Waals surface area contributed by atoms with Crippen molar-refractivity contribution in [1.82, 2.24) is 4.98 Å². The predicted octanol–water partition coefficient (Wildman–Crippen LogP) is 0.980. The van der Waals surface area contributed by atoms with E-state index in [0.717, 1.165) is 17.7 Å².